The molecular weight excluding hydrogens is 364 g/mol. The van der Waals surface area contributed by atoms with Gasteiger partial charge < -0.3 is 0 Å². The molecule has 28 heavy (non-hydrogen) atoms. The Bertz CT molecular complexity index is 1360. The third kappa shape index (κ3) is 2.54. The lowest BCUT2D eigenvalue weighted by atomic mass is 10.0. The average molecular weight is 385 g/mol. The van der Waals surface area contributed by atoms with E-state index in [9.17, 15) is 0 Å². The highest BCUT2D eigenvalue weighted by Crippen LogP contribution is 2.37. The molecular formula is C23H20N4S. The maximum absolute atomic E-state index is 4.67. The normalized spacial score (nSPS) is 11.6. The predicted molar refractivity (Wildman–Crippen MR) is 116 cm³/mol. The molecule has 5 rings (SSSR count). The Hall–Kier alpha value is -3.05. The molecule has 0 aliphatic rings. The van der Waals surface area contributed by atoms with E-state index in [0.717, 1.165) is 27.1 Å². The van der Waals surface area contributed by atoms with E-state index in [1.165, 1.54) is 33.4 Å². The molecule has 4 nitrogen and oxygen atoms in total. The van der Waals surface area contributed by atoms with Crippen molar-refractivity contribution in [2.24, 2.45) is 0 Å². The number of thiophene rings is 1. The van der Waals surface area contributed by atoms with Gasteiger partial charge in [0.2, 0.25) is 0 Å². The summed E-state index contributed by atoms with van der Waals surface area (Å²) in [6.07, 6.45) is 3.51. The van der Waals surface area contributed by atoms with Gasteiger partial charge in [0.1, 0.15) is 17.5 Å². The van der Waals surface area contributed by atoms with E-state index in [1.807, 2.05) is 6.33 Å². The summed E-state index contributed by atoms with van der Waals surface area (Å²) in [4.78, 5) is 14.8. The summed E-state index contributed by atoms with van der Waals surface area (Å²) in [5, 5.41) is 3.26. The molecule has 0 aliphatic carbocycles. The lowest BCUT2D eigenvalue weighted by Gasteiger charge is -2.09. The first-order chi connectivity index (χ1) is 13.5. The van der Waals surface area contributed by atoms with Crippen LogP contribution in [0, 0.1) is 27.7 Å². The first-order valence-corrected chi connectivity index (χ1v) is 10.2. The van der Waals surface area contributed by atoms with Crippen molar-refractivity contribution in [1.82, 2.24) is 19.5 Å². The van der Waals surface area contributed by atoms with Crippen LogP contribution in [0.15, 0.2) is 48.4 Å². The monoisotopic (exact) mass is 384 g/mol. The number of aromatic nitrogens is 4. The number of rotatable bonds is 2. The van der Waals surface area contributed by atoms with Crippen molar-refractivity contribution >= 4 is 32.6 Å². The van der Waals surface area contributed by atoms with Crippen LogP contribution in [-0.4, -0.2) is 19.5 Å². The van der Waals surface area contributed by atoms with Crippen molar-refractivity contribution in [1.29, 1.82) is 0 Å². The third-order valence-corrected chi connectivity index (χ3v) is 6.45. The zero-order valence-electron chi connectivity index (χ0n) is 16.3. The molecule has 0 radical (unpaired) electrons. The second kappa shape index (κ2) is 6.24. The Balaban J connectivity index is 1.81. The summed E-state index contributed by atoms with van der Waals surface area (Å²) in [5.74, 6) is 0.880. The third-order valence-electron chi connectivity index (χ3n) is 5.56. The molecule has 5 heteroatoms. The van der Waals surface area contributed by atoms with Crippen molar-refractivity contribution < 1.29 is 0 Å². The zero-order valence-corrected chi connectivity index (χ0v) is 17.1. The Labute approximate surface area is 167 Å². The lowest BCUT2D eigenvalue weighted by molar-refractivity contribution is 1.02. The van der Waals surface area contributed by atoms with E-state index in [4.69, 9.17) is 0 Å². The number of imidazole rings is 1. The minimum atomic E-state index is 0.880. The standard InChI is InChI=1S/C23H20N4S/c1-13-5-6-17(7-14(13)2)18-10-28-23-21(18)22(24-11-25-23)27-12-26-19-8-15(3)16(4)9-20(19)27/h5-12H,1-4H3. The topological polar surface area (TPSA) is 43.6 Å². The van der Waals surface area contributed by atoms with Gasteiger partial charge in [0.05, 0.1) is 16.4 Å². The molecule has 0 aliphatic heterocycles. The second-order valence-corrected chi connectivity index (χ2v) is 8.22. The van der Waals surface area contributed by atoms with Crippen molar-refractivity contribution in [2.45, 2.75) is 27.7 Å². The summed E-state index contributed by atoms with van der Waals surface area (Å²) in [5.41, 5.74) is 9.50. The molecule has 0 spiro atoms. The second-order valence-electron chi connectivity index (χ2n) is 7.37. The van der Waals surface area contributed by atoms with Crippen molar-refractivity contribution in [3.63, 3.8) is 0 Å². The van der Waals surface area contributed by atoms with Crippen LogP contribution in [0.1, 0.15) is 22.3 Å². The van der Waals surface area contributed by atoms with E-state index >= 15 is 0 Å². The molecule has 0 atom stereocenters. The van der Waals surface area contributed by atoms with Crippen molar-refractivity contribution in [3.8, 4) is 16.9 Å². The number of benzene rings is 2. The van der Waals surface area contributed by atoms with Crippen LogP contribution in [0.25, 0.3) is 38.2 Å². The molecule has 0 bridgehead atoms. The van der Waals surface area contributed by atoms with Crippen molar-refractivity contribution in [3.05, 3.63) is 70.6 Å². The summed E-state index contributed by atoms with van der Waals surface area (Å²) in [6, 6.07) is 10.9. The van der Waals surface area contributed by atoms with Crippen LogP contribution in [0.2, 0.25) is 0 Å². The van der Waals surface area contributed by atoms with Crippen molar-refractivity contribution in [2.75, 3.05) is 0 Å². The van der Waals surface area contributed by atoms with Gasteiger partial charge in [-0.05, 0) is 67.6 Å². The van der Waals surface area contributed by atoms with Crippen LogP contribution >= 0.6 is 11.3 Å². The summed E-state index contributed by atoms with van der Waals surface area (Å²) >= 11 is 1.66. The Morgan fingerprint density at radius 2 is 1.61 bits per heavy atom. The van der Waals surface area contributed by atoms with Gasteiger partial charge in [-0.15, -0.1) is 11.3 Å². The maximum Gasteiger partial charge on any atom is 0.151 e. The van der Waals surface area contributed by atoms with E-state index in [2.05, 4.69) is 82.9 Å². The first kappa shape index (κ1) is 17.1. The number of aryl methyl sites for hydroxylation is 4. The smallest absolute Gasteiger partial charge is 0.151 e. The molecule has 0 unspecified atom stereocenters. The van der Waals surface area contributed by atoms with Crippen LogP contribution in [0.5, 0.6) is 0 Å². The summed E-state index contributed by atoms with van der Waals surface area (Å²) in [6.45, 7) is 8.54. The highest BCUT2D eigenvalue weighted by molar-refractivity contribution is 7.17. The highest BCUT2D eigenvalue weighted by Gasteiger charge is 2.17. The molecule has 5 aromatic rings. The largest absolute Gasteiger partial charge is 0.282 e. The van der Waals surface area contributed by atoms with E-state index in [-0.39, 0.29) is 0 Å². The fraction of sp³-hybridized carbons (Fsp3) is 0.174. The van der Waals surface area contributed by atoms with Crippen LogP contribution in [0.4, 0.5) is 0 Å². The minimum Gasteiger partial charge on any atom is -0.282 e. The number of fused-ring (bicyclic) bond motifs is 2. The van der Waals surface area contributed by atoms with Crippen LogP contribution in [-0.2, 0) is 0 Å². The molecule has 0 saturated carbocycles. The fourth-order valence-electron chi connectivity index (χ4n) is 3.60. The summed E-state index contributed by atoms with van der Waals surface area (Å²) in [7, 11) is 0. The molecule has 3 aromatic heterocycles. The van der Waals surface area contributed by atoms with Gasteiger partial charge >= 0.3 is 0 Å². The quantitative estimate of drug-likeness (QED) is 0.379. The number of nitrogens with zero attached hydrogens (tertiary/aromatic N) is 4. The molecule has 0 saturated heterocycles. The Morgan fingerprint density at radius 1 is 0.821 bits per heavy atom. The molecule has 2 aromatic carbocycles. The molecule has 0 N–H and O–H groups in total. The average Bonchev–Trinajstić information content (AvgIpc) is 3.28. The van der Waals surface area contributed by atoms with Crippen LogP contribution in [0.3, 0.4) is 0 Å². The van der Waals surface area contributed by atoms with E-state index in [1.54, 1.807) is 17.7 Å². The van der Waals surface area contributed by atoms with Gasteiger partial charge in [-0.3, -0.25) is 4.57 Å². The molecule has 138 valence electrons. The van der Waals surface area contributed by atoms with Gasteiger partial charge in [-0.25, -0.2) is 15.0 Å². The first-order valence-electron chi connectivity index (χ1n) is 9.27. The lowest BCUT2D eigenvalue weighted by Crippen LogP contribution is -1.98. The minimum absolute atomic E-state index is 0.880. The predicted octanol–water partition coefficient (Wildman–Crippen LogP) is 5.93. The molecule has 3 heterocycles. The SMILES string of the molecule is Cc1ccc(-c2csc3ncnc(-n4cnc5cc(C)c(C)cc54)c23)cc1C. The van der Waals surface area contributed by atoms with E-state index < -0.39 is 0 Å². The molecule has 0 fully saturated rings. The zero-order chi connectivity index (χ0) is 19.4. The summed E-state index contributed by atoms with van der Waals surface area (Å²) < 4.78 is 2.09. The van der Waals surface area contributed by atoms with Gasteiger partial charge in [0, 0.05) is 10.9 Å². The molecule has 0 amide bonds. The Kier molecular flexibility index (Phi) is 3.81. The van der Waals surface area contributed by atoms with E-state index in [0.29, 0.717) is 0 Å². The van der Waals surface area contributed by atoms with Gasteiger partial charge in [-0.1, -0.05) is 18.2 Å². The maximum atomic E-state index is 4.67. The Morgan fingerprint density at radius 3 is 2.43 bits per heavy atom. The number of hydrogen-bond acceptors (Lipinski definition) is 4. The van der Waals surface area contributed by atoms with Crippen LogP contribution < -0.4 is 0 Å². The van der Waals surface area contributed by atoms with Gasteiger partial charge in [0.25, 0.3) is 0 Å². The highest BCUT2D eigenvalue weighted by atomic mass is 32.1. The number of hydrogen-bond donors (Lipinski definition) is 0. The van der Waals surface area contributed by atoms with Gasteiger partial charge in [0.15, 0.2) is 5.82 Å². The fourth-order valence-corrected chi connectivity index (χ4v) is 4.51. The van der Waals surface area contributed by atoms with Gasteiger partial charge in [-0.2, -0.15) is 0 Å².